The zero-order valence-corrected chi connectivity index (χ0v) is 8.03. The van der Waals surface area contributed by atoms with Gasteiger partial charge in [-0.25, -0.2) is 0 Å². The Hall–Kier alpha value is -1.55. The van der Waals surface area contributed by atoms with Gasteiger partial charge in [0.2, 0.25) is 0 Å². The van der Waals surface area contributed by atoms with Gasteiger partial charge in [0.1, 0.15) is 6.04 Å². The first-order valence-corrected chi connectivity index (χ1v) is 4.38. The Morgan fingerprint density at radius 3 is 2.57 bits per heavy atom. The highest BCUT2D eigenvalue weighted by Gasteiger charge is 2.09. The Labute approximate surface area is 82.7 Å². The van der Waals surface area contributed by atoms with Gasteiger partial charge in [-0.1, -0.05) is 17.7 Å². The van der Waals surface area contributed by atoms with Crippen molar-refractivity contribution < 1.29 is 9.90 Å². The van der Waals surface area contributed by atoms with Crippen LogP contribution in [0.3, 0.4) is 0 Å². The largest absolute Gasteiger partial charge is 0.480 e. The van der Waals surface area contributed by atoms with Crippen molar-refractivity contribution in [2.45, 2.75) is 13.0 Å². The third kappa shape index (κ3) is 3.06. The molecule has 1 atom stereocenters. The first kappa shape index (κ1) is 10.5. The summed E-state index contributed by atoms with van der Waals surface area (Å²) in [5, 5.41) is 11.5. The number of nitrogens with one attached hydrogen (secondary N) is 1. The highest BCUT2D eigenvalue weighted by atomic mass is 16.4. The van der Waals surface area contributed by atoms with Gasteiger partial charge < -0.3 is 16.2 Å². The molecule has 14 heavy (non-hydrogen) atoms. The van der Waals surface area contributed by atoms with E-state index in [1.807, 2.05) is 31.2 Å². The average molecular weight is 194 g/mol. The lowest BCUT2D eigenvalue weighted by Gasteiger charge is -2.09. The first-order chi connectivity index (χ1) is 6.59. The van der Waals surface area contributed by atoms with Crippen molar-refractivity contribution in [1.82, 2.24) is 0 Å². The van der Waals surface area contributed by atoms with Crippen LogP contribution in [0.2, 0.25) is 0 Å². The molecular formula is C10H14N2O2. The number of rotatable bonds is 4. The molecule has 0 unspecified atom stereocenters. The number of nitrogens with two attached hydrogens (primary N) is 1. The summed E-state index contributed by atoms with van der Waals surface area (Å²) < 4.78 is 0. The molecule has 0 saturated heterocycles. The first-order valence-electron chi connectivity index (χ1n) is 4.38. The SMILES string of the molecule is Cc1ccc(NC[C@H](N)C(=O)O)cc1. The van der Waals surface area contributed by atoms with Gasteiger partial charge in [0.05, 0.1) is 0 Å². The van der Waals surface area contributed by atoms with E-state index in [0.29, 0.717) is 0 Å². The van der Waals surface area contributed by atoms with Crippen molar-refractivity contribution in [2.75, 3.05) is 11.9 Å². The molecule has 0 saturated carbocycles. The zero-order valence-electron chi connectivity index (χ0n) is 8.03. The second-order valence-electron chi connectivity index (χ2n) is 3.19. The molecule has 0 radical (unpaired) electrons. The van der Waals surface area contributed by atoms with Gasteiger partial charge in [-0.3, -0.25) is 4.79 Å². The van der Waals surface area contributed by atoms with Crippen molar-refractivity contribution in [3.63, 3.8) is 0 Å². The molecule has 0 fully saturated rings. The van der Waals surface area contributed by atoms with Crippen LogP contribution in [0.25, 0.3) is 0 Å². The summed E-state index contributed by atoms with van der Waals surface area (Å²) >= 11 is 0. The predicted octanol–water partition coefficient (Wildman–Crippen LogP) is 0.819. The Morgan fingerprint density at radius 2 is 2.07 bits per heavy atom. The zero-order chi connectivity index (χ0) is 10.6. The van der Waals surface area contributed by atoms with Crippen molar-refractivity contribution >= 4 is 11.7 Å². The molecule has 76 valence electrons. The van der Waals surface area contributed by atoms with E-state index in [1.54, 1.807) is 0 Å². The summed E-state index contributed by atoms with van der Waals surface area (Å²) in [4.78, 5) is 10.4. The van der Waals surface area contributed by atoms with Gasteiger partial charge in [-0.05, 0) is 19.1 Å². The summed E-state index contributed by atoms with van der Waals surface area (Å²) in [5.74, 6) is -0.996. The molecular weight excluding hydrogens is 180 g/mol. The maximum Gasteiger partial charge on any atom is 0.322 e. The molecule has 0 spiro atoms. The molecule has 1 aromatic carbocycles. The summed E-state index contributed by atoms with van der Waals surface area (Å²) in [6, 6.07) is 6.83. The Bertz CT molecular complexity index is 308. The van der Waals surface area contributed by atoms with Crippen molar-refractivity contribution in [2.24, 2.45) is 5.73 Å². The third-order valence-corrected chi connectivity index (χ3v) is 1.89. The maximum atomic E-state index is 10.4. The molecule has 1 rings (SSSR count). The quantitative estimate of drug-likeness (QED) is 0.663. The fraction of sp³-hybridized carbons (Fsp3) is 0.300. The van der Waals surface area contributed by atoms with Crippen LogP contribution in [0, 0.1) is 6.92 Å². The Morgan fingerprint density at radius 1 is 1.50 bits per heavy atom. The highest BCUT2D eigenvalue weighted by Crippen LogP contribution is 2.07. The molecule has 4 heteroatoms. The summed E-state index contributed by atoms with van der Waals surface area (Å²) in [7, 11) is 0. The van der Waals surface area contributed by atoms with E-state index in [1.165, 1.54) is 0 Å². The number of aliphatic carboxylic acids is 1. The van der Waals surface area contributed by atoms with Crippen LogP contribution in [-0.4, -0.2) is 23.7 Å². The van der Waals surface area contributed by atoms with Crippen LogP contribution < -0.4 is 11.1 Å². The molecule has 0 aliphatic heterocycles. The van der Waals surface area contributed by atoms with E-state index in [0.717, 1.165) is 11.3 Å². The lowest BCUT2D eigenvalue weighted by Crippen LogP contribution is -2.36. The van der Waals surface area contributed by atoms with Crippen molar-refractivity contribution in [1.29, 1.82) is 0 Å². The standard InChI is InChI=1S/C10H14N2O2/c1-7-2-4-8(5-3-7)12-6-9(11)10(13)14/h2-5,9,12H,6,11H2,1H3,(H,13,14)/t9-/m0/s1. The monoisotopic (exact) mass is 194 g/mol. The third-order valence-electron chi connectivity index (χ3n) is 1.89. The van der Waals surface area contributed by atoms with Crippen LogP contribution in [0.15, 0.2) is 24.3 Å². The van der Waals surface area contributed by atoms with Crippen molar-refractivity contribution in [3.05, 3.63) is 29.8 Å². The molecule has 0 heterocycles. The van der Waals surface area contributed by atoms with Crippen LogP contribution in [0.4, 0.5) is 5.69 Å². The van der Waals surface area contributed by atoms with Gasteiger partial charge in [-0.15, -0.1) is 0 Å². The van der Waals surface area contributed by atoms with E-state index >= 15 is 0 Å². The van der Waals surface area contributed by atoms with E-state index in [4.69, 9.17) is 10.8 Å². The molecule has 4 N–H and O–H groups in total. The van der Waals surface area contributed by atoms with Crippen LogP contribution >= 0.6 is 0 Å². The second-order valence-corrected chi connectivity index (χ2v) is 3.19. The van der Waals surface area contributed by atoms with E-state index in [9.17, 15) is 4.79 Å². The Kier molecular flexibility index (Phi) is 3.48. The van der Waals surface area contributed by atoms with Crippen LogP contribution in [-0.2, 0) is 4.79 Å². The van der Waals surface area contributed by atoms with Crippen LogP contribution in [0.5, 0.6) is 0 Å². The van der Waals surface area contributed by atoms with Gasteiger partial charge in [0.15, 0.2) is 0 Å². The minimum atomic E-state index is -0.996. The number of hydrogen-bond acceptors (Lipinski definition) is 3. The lowest BCUT2D eigenvalue weighted by atomic mass is 10.2. The van der Waals surface area contributed by atoms with E-state index in [-0.39, 0.29) is 6.54 Å². The number of carbonyl (C=O) groups is 1. The van der Waals surface area contributed by atoms with Gasteiger partial charge >= 0.3 is 5.97 Å². The fourth-order valence-electron chi connectivity index (χ4n) is 0.987. The Balaban J connectivity index is 2.46. The number of carboxylic acids is 1. The predicted molar refractivity (Wildman–Crippen MR) is 55.3 cm³/mol. The molecule has 0 amide bonds. The van der Waals surface area contributed by atoms with Gasteiger partial charge in [0.25, 0.3) is 0 Å². The molecule has 0 aromatic heterocycles. The van der Waals surface area contributed by atoms with E-state index in [2.05, 4.69) is 5.32 Å². The maximum absolute atomic E-state index is 10.4. The minimum Gasteiger partial charge on any atom is -0.480 e. The van der Waals surface area contributed by atoms with Gasteiger partial charge in [-0.2, -0.15) is 0 Å². The molecule has 0 aliphatic carbocycles. The van der Waals surface area contributed by atoms with Crippen molar-refractivity contribution in [3.8, 4) is 0 Å². The number of hydrogen-bond donors (Lipinski definition) is 3. The van der Waals surface area contributed by atoms with E-state index < -0.39 is 12.0 Å². The molecule has 0 bridgehead atoms. The number of anilines is 1. The molecule has 0 aliphatic rings. The normalized spacial score (nSPS) is 12.1. The number of aryl methyl sites for hydroxylation is 1. The molecule has 4 nitrogen and oxygen atoms in total. The lowest BCUT2D eigenvalue weighted by molar-refractivity contribution is -0.138. The van der Waals surface area contributed by atoms with Crippen LogP contribution in [0.1, 0.15) is 5.56 Å². The van der Waals surface area contributed by atoms with Gasteiger partial charge in [0, 0.05) is 12.2 Å². The minimum absolute atomic E-state index is 0.235. The molecule has 1 aromatic rings. The number of benzene rings is 1. The second kappa shape index (κ2) is 4.62. The summed E-state index contributed by atoms with van der Waals surface area (Å²) in [5.41, 5.74) is 7.38. The average Bonchev–Trinajstić information content (AvgIpc) is 2.16. The summed E-state index contributed by atoms with van der Waals surface area (Å²) in [6.45, 7) is 2.23. The summed E-state index contributed by atoms with van der Waals surface area (Å²) in [6.07, 6.45) is 0. The topological polar surface area (TPSA) is 75.3 Å². The smallest absolute Gasteiger partial charge is 0.322 e. The highest BCUT2D eigenvalue weighted by molar-refractivity contribution is 5.74. The number of carboxylic acid groups (broad SMARTS) is 1. The fourth-order valence-corrected chi connectivity index (χ4v) is 0.987.